The van der Waals surface area contributed by atoms with Crippen molar-refractivity contribution >= 4 is 33.2 Å². The van der Waals surface area contributed by atoms with Gasteiger partial charge in [0.2, 0.25) is 0 Å². The molecule has 2 fully saturated rings. The highest BCUT2D eigenvalue weighted by atomic mass is 32.1. The molecular formula is C17H17N5OS. The summed E-state index contributed by atoms with van der Waals surface area (Å²) in [4.78, 5) is 16.1. The molecule has 2 aliphatic rings. The van der Waals surface area contributed by atoms with E-state index < -0.39 is 0 Å². The molecular weight excluding hydrogens is 322 g/mol. The predicted molar refractivity (Wildman–Crippen MR) is 95.2 cm³/mol. The van der Waals surface area contributed by atoms with Crippen molar-refractivity contribution in [1.29, 1.82) is 0 Å². The van der Waals surface area contributed by atoms with Gasteiger partial charge in [-0.1, -0.05) is 0 Å². The zero-order valence-corrected chi connectivity index (χ0v) is 13.9. The number of nitrogens with zero attached hydrogens (tertiary/aromatic N) is 4. The van der Waals surface area contributed by atoms with Crippen LogP contribution in [0.3, 0.4) is 0 Å². The molecule has 2 bridgehead atoms. The van der Waals surface area contributed by atoms with Crippen LogP contribution in [0.5, 0.6) is 0 Å². The van der Waals surface area contributed by atoms with Crippen LogP contribution in [0.1, 0.15) is 12.8 Å². The molecule has 2 aliphatic heterocycles. The summed E-state index contributed by atoms with van der Waals surface area (Å²) in [6, 6.07) is 5.75. The first-order chi connectivity index (χ1) is 11.8. The van der Waals surface area contributed by atoms with Gasteiger partial charge in [0.05, 0.1) is 22.4 Å². The standard InChI is InChI=1S/C17H17N5OS/c18-14-4-1-10(7-19-14)16-20-13-5-6-24-15(13)17(21-16)22-8-11-2-3-12(9-22)23-11/h1,4-7,11-12H,2-3,8-9H2,(H2,18,19). The Morgan fingerprint density at radius 2 is 1.96 bits per heavy atom. The molecule has 24 heavy (non-hydrogen) atoms. The van der Waals surface area contributed by atoms with Crippen molar-refractivity contribution in [2.24, 2.45) is 0 Å². The van der Waals surface area contributed by atoms with Gasteiger partial charge in [0.15, 0.2) is 11.6 Å². The SMILES string of the molecule is Nc1ccc(-c2nc(N3CC4CCC(C3)O4)c3sccc3n2)cn1. The topological polar surface area (TPSA) is 77.2 Å². The zero-order valence-electron chi connectivity index (χ0n) is 13.1. The molecule has 0 saturated carbocycles. The Labute approximate surface area is 143 Å². The van der Waals surface area contributed by atoms with E-state index in [1.807, 2.05) is 6.07 Å². The second-order valence-corrected chi connectivity index (χ2v) is 7.26. The van der Waals surface area contributed by atoms with E-state index in [4.69, 9.17) is 20.4 Å². The zero-order chi connectivity index (χ0) is 16.1. The van der Waals surface area contributed by atoms with Crippen molar-refractivity contribution in [2.75, 3.05) is 23.7 Å². The molecule has 0 spiro atoms. The van der Waals surface area contributed by atoms with Crippen molar-refractivity contribution in [3.63, 3.8) is 0 Å². The van der Waals surface area contributed by atoms with Crippen molar-refractivity contribution < 1.29 is 4.74 Å². The number of aromatic nitrogens is 3. The van der Waals surface area contributed by atoms with Gasteiger partial charge in [0.1, 0.15) is 5.82 Å². The van der Waals surface area contributed by atoms with Crippen LogP contribution in [0.15, 0.2) is 29.8 Å². The summed E-state index contributed by atoms with van der Waals surface area (Å²) in [7, 11) is 0. The number of hydrogen-bond donors (Lipinski definition) is 1. The van der Waals surface area contributed by atoms with Crippen molar-refractivity contribution in [1.82, 2.24) is 15.0 Å². The molecule has 6 nitrogen and oxygen atoms in total. The Hall–Kier alpha value is -2.25. The first kappa shape index (κ1) is 14.1. The lowest BCUT2D eigenvalue weighted by molar-refractivity contribution is 0.0303. The third-order valence-corrected chi connectivity index (χ3v) is 5.57. The minimum Gasteiger partial charge on any atom is -0.384 e. The molecule has 3 aromatic heterocycles. The number of thiophene rings is 1. The third-order valence-electron chi connectivity index (χ3n) is 4.67. The van der Waals surface area contributed by atoms with Gasteiger partial charge in [-0.2, -0.15) is 0 Å². The first-order valence-electron chi connectivity index (χ1n) is 8.14. The number of morpholine rings is 1. The van der Waals surface area contributed by atoms with E-state index in [1.54, 1.807) is 23.6 Å². The number of hydrogen-bond acceptors (Lipinski definition) is 7. The van der Waals surface area contributed by atoms with E-state index in [0.29, 0.717) is 23.9 Å². The van der Waals surface area contributed by atoms with Crippen molar-refractivity contribution in [3.8, 4) is 11.4 Å². The van der Waals surface area contributed by atoms with Gasteiger partial charge in [0.25, 0.3) is 0 Å². The van der Waals surface area contributed by atoms with Crippen molar-refractivity contribution in [2.45, 2.75) is 25.0 Å². The Balaban J connectivity index is 1.62. The Bertz CT molecular complexity index is 882. The molecule has 0 radical (unpaired) electrons. The summed E-state index contributed by atoms with van der Waals surface area (Å²) in [5, 5.41) is 2.07. The van der Waals surface area contributed by atoms with Crippen LogP contribution in [0.2, 0.25) is 0 Å². The monoisotopic (exact) mass is 339 g/mol. The Kier molecular flexibility index (Phi) is 3.17. The lowest BCUT2D eigenvalue weighted by Gasteiger charge is -2.33. The normalized spacial score (nSPS) is 23.1. The molecule has 2 saturated heterocycles. The molecule has 5 heterocycles. The lowest BCUT2D eigenvalue weighted by atomic mass is 10.2. The van der Waals surface area contributed by atoms with E-state index in [1.165, 1.54) is 0 Å². The second kappa shape index (κ2) is 5.39. The summed E-state index contributed by atoms with van der Waals surface area (Å²) in [6.07, 6.45) is 4.68. The average molecular weight is 339 g/mol. The number of ether oxygens (including phenoxy) is 1. The fraction of sp³-hybridized carbons (Fsp3) is 0.353. The number of anilines is 2. The van der Waals surface area contributed by atoms with Crippen LogP contribution in [0, 0.1) is 0 Å². The second-order valence-electron chi connectivity index (χ2n) is 6.34. The summed E-state index contributed by atoms with van der Waals surface area (Å²) < 4.78 is 7.11. The molecule has 3 aromatic rings. The van der Waals surface area contributed by atoms with Gasteiger partial charge < -0.3 is 15.4 Å². The van der Waals surface area contributed by atoms with Crippen molar-refractivity contribution in [3.05, 3.63) is 29.8 Å². The number of rotatable bonds is 2. The van der Waals surface area contributed by atoms with Gasteiger partial charge in [-0.05, 0) is 36.4 Å². The van der Waals surface area contributed by atoms with Gasteiger partial charge in [-0.25, -0.2) is 15.0 Å². The summed E-state index contributed by atoms with van der Waals surface area (Å²) in [5.41, 5.74) is 7.56. The molecule has 2 N–H and O–H groups in total. The molecule has 2 atom stereocenters. The van der Waals surface area contributed by atoms with Gasteiger partial charge in [-0.3, -0.25) is 0 Å². The molecule has 0 aliphatic carbocycles. The largest absolute Gasteiger partial charge is 0.384 e. The molecule has 5 rings (SSSR count). The van der Waals surface area contributed by atoms with Gasteiger partial charge in [0, 0.05) is 24.8 Å². The first-order valence-corrected chi connectivity index (χ1v) is 9.02. The van der Waals surface area contributed by atoms with E-state index in [2.05, 4.69) is 21.3 Å². The van der Waals surface area contributed by atoms with Crippen LogP contribution in [0.4, 0.5) is 11.6 Å². The number of nitrogen functional groups attached to an aromatic ring is 1. The average Bonchev–Trinajstić information content (AvgIpc) is 3.20. The highest BCUT2D eigenvalue weighted by Crippen LogP contribution is 2.35. The van der Waals surface area contributed by atoms with Crippen LogP contribution in [-0.4, -0.2) is 40.2 Å². The Morgan fingerprint density at radius 3 is 2.71 bits per heavy atom. The third kappa shape index (κ3) is 2.32. The van der Waals surface area contributed by atoms with E-state index in [-0.39, 0.29) is 0 Å². The van der Waals surface area contributed by atoms with Crippen LogP contribution in [-0.2, 0) is 4.74 Å². The fourth-order valence-corrected chi connectivity index (χ4v) is 4.36. The van der Waals surface area contributed by atoms with Crippen LogP contribution < -0.4 is 10.6 Å². The highest BCUT2D eigenvalue weighted by molar-refractivity contribution is 7.17. The van der Waals surface area contributed by atoms with Crippen LogP contribution in [0.25, 0.3) is 21.6 Å². The van der Waals surface area contributed by atoms with E-state index in [0.717, 1.165) is 47.5 Å². The quantitative estimate of drug-likeness (QED) is 0.773. The number of pyridine rings is 1. The van der Waals surface area contributed by atoms with E-state index in [9.17, 15) is 0 Å². The summed E-state index contributed by atoms with van der Waals surface area (Å²) in [6.45, 7) is 1.81. The van der Waals surface area contributed by atoms with Crippen LogP contribution >= 0.6 is 11.3 Å². The molecule has 122 valence electrons. The maximum Gasteiger partial charge on any atom is 0.163 e. The Morgan fingerprint density at radius 1 is 1.12 bits per heavy atom. The maximum atomic E-state index is 5.97. The minimum atomic E-state index is 0.329. The van der Waals surface area contributed by atoms with Gasteiger partial charge in [-0.15, -0.1) is 11.3 Å². The molecule has 0 amide bonds. The lowest BCUT2D eigenvalue weighted by Crippen LogP contribution is -2.43. The molecule has 7 heteroatoms. The fourth-order valence-electron chi connectivity index (χ4n) is 3.52. The minimum absolute atomic E-state index is 0.329. The molecule has 0 aromatic carbocycles. The molecule has 2 unspecified atom stereocenters. The van der Waals surface area contributed by atoms with E-state index >= 15 is 0 Å². The number of fused-ring (bicyclic) bond motifs is 3. The smallest absolute Gasteiger partial charge is 0.163 e. The summed E-state index contributed by atoms with van der Waals surface area (Å²) in [5.74, 6) is 2.21. The summed E-state index contributed by atoms with van der Waals surface area (Å²) >= 11 is 1.69. The van der Waals surface area contributed by atoms with Gasteiger partial charge >= 0.3 is 0 Å². The maximum absolute atomic E-state index is 5.97. The highest BCUT2D eigenvalue weighted by Gasteiger charge is 2.35. The number of nitrogens with two attached hydrogens (primary N) is 1. The predicted octanol–water partition coefficient (Wildman–Crippen LogP) is 2.70.